The Morgan fingerprint density at radius 1 is 1.30 bits per heavy atom. The second kappa shape index (κ2) is 7.49. The highest BCUT2D eigenvalue weighted by molar-refractivity contribution is 5.92. The average molecular weight is 317 g/mol. The van der Waals surface area contributed by atoms with Crippen LogP contribution in [0, 0.1) is 19.8 Å². The van der Waals surface area contributed by atoms with Gasteiger partial charge in [-0.25, -0.2) is 0 Å². The fourth-order valence-electron chi connectivity index (χ4n) is 3.22. The molecule has 5 nitrogen and oxygen atoms in total. The molecule has 23 heavy (non-hydrogen) atoms. The maximum atomic E-state index is 12.3. The van der Waals surface area contributed by atoms with Crippen LogP contribution in [0.4, 0.5) is 0 Å². The lowest BCUT2D eigenvalue weighted by atomic mass is 9.96. The SMILES string of the molecule is CCCn1c(C)cc(/C=C/C(=O)N2CCC(C(N)=O)CC2)c1C. The number of nitrogens with zero attached hydrogens (tertiary/aromatic N) is 2. The van der Waals surface area contributed by atoms with E-state index in [1.165, 1.54) is 11.4 Å². The number of hydrogen-bond donors (Lipinski definition) is 1. The number of aromatic nitrogens is 1. The third-order valence-electron chi connectivity index (χ3n) is 4.67. The van der Waals surface area contributed by atoms with Crippen LogP contribution in [0.2, 0.25) is 0 Å². The number of hydrogen-bond acceptors (Lipinski definition) is 2. The molecule has 0 spiro atoms. The van der Waals surface area contributed by atoms with Gasteiger partial charge in [0.1, 0.15) is 0 Å². The molecule has 2 amide bonds. The van der Waals surface area contributed by atoms with E-state index in [0.717, 1.165) is 18.5 Å². The van der Waals surface area contributed by atoms with Crippen molar-refractivity contribution in [1.82, 2.24) is 9.47 Å². The van der Waals surface area contributed by atoms with E-state index in [1.54, 1.807) is 11.0 Å². The molecular formula is C18H27N3O2. The number of aryl methyl sites for hydroxylation is 1. The van der Waals surface area contributed by atoms with Gasteiger partial charge in [-0.15, -0.1) is 0 Å². The Labute approximate surface area is 138 Å². The van der Waals surface area contributed by atoms with Crippen molar-refractivity contribution in [2.45, 2.75) is 46.6 Å². The summed E-state index contributed by atoms with van der Waals surface area (Å²) in [6.07, 6.45) is 5.97. The van der Waals surface area contributed by atoms with Crippen LogP contribution in [0.1, 0.15) is 43.1 Å². The molecule has 1 fully saturated rings. The molecule has 2 heterocycles. The number of carbonyl (C=O) groups is 2. The van der Waals surface area contributed by atoms with Crippen LogP contribution >= 0.6 is 0 Å². The quantitative estimate of drug-likeness (QED) is 0.846. The number of primary amides is 1. The van der Waals surface area contributed by atoms with Crippen molar-refractivity contribution in [2.75, 3.05) is 13.1 Å². The van der Waals surface area contributed by atoms with Crippen molar-refractivity contribution < 1.29 is 9.59 Å². The summed E-state index contributed by atoms with van der Waals surface area (Å²) >= 11 is 0. The van der Waals surface area contributed by atoms with E-state index in [4.69, 9.17) is 5.73 Å². The Kier molecular flexibility index (Phi) is 5.64. The summed E-state index contributed by atoms with van der Waals surface area (Å²) in [5.74, 6) is -0.333. The first kappa shape index (κ1) is 17.3. The van der Waals surface area contributed by atoms with Gasteiger partial charge < -0.3 is 15.2 Å². The van der Waals surface area contributed by atoms with Gasteiger partial charge in [-0.05, 0) is 50.8 Å². The van der Waals surface area contributed by atoms with E-state index in [1.807, 2.05) is 6.08 Å². The van der Waals surface area contributed by atoms with Gasteiger partial charge in [-0.1, -0.05) is 6.92 Å². The maximum Gasteiger partial charge on any atom is 0.246 e. The van der Waals surface area contributed by atoms with E-state index in [0.29, 0.717) is 25.9 Å². The van der Waals surface area contributed by atoms with Gasteiger partial charge >= 0.3 is 0 Å². The zero-order chi connectivity index (χ0) is 17.0. The number of nitrogens with two attached hydrogens (primary N) is 1. The molecule has 0 aliphatic carbocycles. The fourth-order valence-corrected chi connectivity index (χ4v) is 3.22. The van der Waals surface area contributed by atoms with Crippen LogP contribution in [-0.2, 0) is 16.1 Å². The third kappa shape index (κ3) is 4.03. The summed E-state index contributed by atoms with van der Waals surface area (Å²) in [5.41, 5.74) is 8.83. The molecule has 1 saturated heterocycles. The van der Waals surface area contributed by atoms with Crippen molar-refractivity contribution in [3.05, 3.63) is 29.1 Å². The Bertz CT molecular complexity index is 608. The highest BCUT2D eigenvalue weighted by Crippen LogP contribution is 2.19. The maximum absolute atomic E-state index is 12.3. The predicted molar refractivity (Wildman–Crippen MR) is 91.7 cm³/mol. The summed E-state index contributed by atoms with van der Waals surface area (Å²) in [7, 11) is 0. The smallest absolute Gasteiger partial charge is 0.246 e. The van der Waals surface area contributed by atoms with E-state index in [2.05, 4.69) is 31.4 Å². The van der Waals surface area contributed by atoms with Crippen molar-refractivity contribution in [2.24, 2.45) is 11.7 Å². The molecule has 0 unspecified atom stereocenters. The molecule has 126 valence electrons. The van der Waals surface area contributed by atoms with Crippen LogP contribution in [0.5, 0.6) is 0 Å². The topological polar surface area (TPSA) is 68.3 Å². The summed E-state index contributed by atoms with van der Waals surface area (Å²) in [5, 5.41) is 0. The van der Waals surface area contributed by atoms with Crippen molar-refractivity contribution in [3.63, 3.8) is 0 Å². The lowest BCUT2D eigenvalue weighted by Crippen LogP contribution is -2.41. The van der Waals surface area contributed by atoms with Gasteiger partial charge in [0.25, 0.3) is 0 Å². The minimum atomic E-state index is -0.254. The standard InChI is InChI=1S/C18H27N3O2/c1-4-9-21-13(2)12-16(14(21)3)5-6-17(22)20-10-7-15(8-11-20)18(19)23/h5-6,12,15H,4,7-11H2,1-3H3,(H2,19,23)/b6-5+. The highest BCUT2D eigenvalue weighted by atomic mass is 16.2. The van der Waals surface area contributed by atoms with Crippen LogP contribution < -0.4 is 5.73 Å². The third-order valence-corrected chi connectivity index (χ3v) is 4.67. The van der Waals surface area contributed by atoms with Crippen LogP contribution in [0.3, 0.4) is 0 Å². The van der Waals surface area contributed by atoms with E-state index >= 15 is 0 Å². The summed E-state index contributed by atoms with van der Waals surface area (Å²) in [6.45, 7) is 8.55. The van der Waals surface area contributed by atoms with Crippen LogP contribution in [0.15, 0.2) is 12.1 Å². The molecular weight excluding hydrogens is 290 g/mol. The Morgan fingerprint density at radius 2 is 1.96 bits per heavy atom. The first-order chi connectivity index (χ1) is 10.9. The van der Waals surface area contributed by atoms with Gasteiger partial charge in [0.2, 0.25) is 11.8 Å². The Hall–Kier alpha value is -2.04. The zero-order valence-electron chi connectivity index (χ0n) is 14.3. The minimum Gasteiger partial charge on any atom is -0.369 e. The summed E-state index contributed by atoms with van der Waals surface area (Å²) in [6, 6.07) is 2.12. The lowest BCUT2D eigenvalue weighted by molar-refractivity contribution is -0.130. The number of carbonyl (C=O) groups excluding carboxylic acids is 2. The van der Waals surface area contributed by atoms with E-state index in [9.17, 15) is 9.59 Å². The van der Waals surface area contributed by atoms with Crippen molar-refractivity contribution in [3.8, 4) is 0 Å². The summed E-state index contributed by atoms with van der Waals surface area (Å²) in [4.78, 5) is 25.3. The van der Waals surface area contributed by atoms with E-state index < -0.39 is 0 Å². The predicted octanol–water partition coefficient (Wildman–Crippen LogP) is 2.25. The zero-order valence-corrected chi connectivity index (χ0v) is 14.3. The molecule has 0 atom stereocenters. The highest BCUT2D eigenvalue weighted by Gasteiger charge is 2.24. The molecule has 1 aromatic heterocycles. The molecule has 2 rings (SSSR count). The van der Waals surface area contributed by atoms with Crippen LogP contribution in [-0.4, -0.2) is 34.4 Å². The molecule has 2 N–H and O–H groups in total. The second-order valence-corrected chi connectivity index (χ2v) is 6.31. The minimum absolute atomic E-state index is 0.00761. The number of amides is 2. The van der Waals surface area contributed by atoms with Gasteiger partial charge in [-0.2, -0.15) is 0 Å². The molecule has 0 aromatic carbocycles. The molecule has 0 radical (unpaired) electrons. The number of rotatable bonds is 5. The van der Waals surface area contributed by atoms with Gasteiger partial charge in [-0.3, -0.25) is 9.59 Å². The molecule has 1 aliphatic heterocycles. The normalized spacial score (nSPS) is 16.2. The van der Waals surface area contributed by atoms with Crippen molar-refractivity contribution in [1.29, 1.82) is 0 Å². The molecule has 0 saturated carbocycles. The average Bonchev–Trinajstić information content (AvgIpc) is 2.80. The first-order valence-corrected chi connectivity index (χ1v) is 8.37. The molecule has 1 aromatic rings. The molecule has 1 aliphatic rings. The van der Waals surface area contributed by atoms with Gasteiger partial charge in [0, 0.05) is 43.0 Å². The first-order valence-electron chi connectivity index (χ1n) is 8.37. The Balaban J connectivity index is 1.99. The second-order valence-electron chi connectivity index (χ2n) is 6.31. The lowest BCUT2D eigenvalue weighted by Gasteiger charge is -2.29. The Morgan fingerprint density at radius 3 is 2.52 bits per heavy atom. The van der Waals surface area contributed by atoms with Gasteiger partial charge in [0.15, 0.2) is 0 Å². The van der Waals surface area contributed by atoms with E-state index in [-0.39, 0.29) is 17.7 Å². The molecule has 5 heteroatoms. The van der Waals surface area contributed by atoms with Crippen molar-refractivity contribution >= 4 is 17.9 Å². The largest absolute Gasteiger partial charge is 0.369 e. The van der Waals surface area contributed by atoms with Gasteiger partial charge in [0.05, 0.1) is 0 Å². The number of likely N-dealkylation sites (tertiary alicyclic amines) is 1. The van der Waals surface area contributed by atoms with Crippen LogP contribution in [0.25, 0.3) is 6.08 Å². The summed E-state index contributed by atoms with van der Waals surface area (Å²) < 4.78 is 2.28. The molecule has 0 bridgehead atoms. The monoisotopic (exact) mass is 317 g/mol. The number of piperidine rings is 1. The fraction of sp³-hybridized carbons (Fsp3) is 0.556.